The van der Waals surface area contributed by atoms with Gasteiger partial charge >= 0.3 is 0 Å². The molecular formula is C12H17NO. The number of nitrogens with two attached hydrogens (primary N) is 1. The molecule has 1 saturated carbocycles. The molecule has 1 aliphatic rings. The molecule has 2 heteroatoms. The van der Waals surface area contributed by atoms with E-state index in [0.29, 0.717) is 0 Å². The van der Waals surface area contributed by atoms with E-state index < -0.39 is 11.6 Å². The maximum absolute atomic E-state index is 9.96. The van der Waals surface area contributed by atoms with Gasteiger partial charge in [-0.15, -0.1) is 0 Å². The summed E-state index contributed by atoms with van der Waals surface area (Å²) in [5.41, 5.74) is 6.82. The molecule has 14 heavy (non-hydrogen) atoms. The lowest BCUT2D eigenvalue weighted by Gasteiger charge is -2.38. The summed E-state index contributed by atoms with van der Waals surface area (Å²) in [4.78, 5) is 0. The monoisotopic (exact) mass is 191 g/mol. The van der Waals surface area contributed by atoms with Crippen LogP contribution in [0.25, 0.3) is 0 Å². The number of aliphatic hydroxyl groups is 1. The van der Waals surface area contributed by atoms with Crippen LogP contribution < -0.4 is 5.73 Å². The minimum absolute atomic E-state index is 0.390. The van der Waals surface area contributed by atoms with Gasteiger partial charge in [-0.2, -0.15) is 0 Å². The first-order chi connectivity index (χ1) is 6.73. The fraction of sp³-hybridized carbons (Fsp3) is 0.500. The molecule has 2 nitrogen and oxygen atoms in total. The van der Waals surface area contributed by atoms with Crippen molar-refractivity contribution in [3.63, 3.8) is 0 Å². The van der Waals surface area contributed by atoms with Gasteiger partial charge in [0.1, 0.15) is 0 Å². The Kier molecular flexibility index (Phi) is 2.57. The predicted molar refractivity (Wildman–Crippen MR) is 56.8 cm³/mol. The van der Waals surface area contributed by atoms with Crippen LogP contribution in [-0.4, -0.2) is 11.2 Å². The van der Waals surface area contributed by atoms with Crippen molar-refractivity contribution in [3.8, 4) is 0 Å². The van der Waals surface area contributed by atoms with Gasteiger partial charge in [0.2, 0.25) is 0 Å². The van der Waals surface area contributed by atoms with Crippen LogP contribution in [0.4, 0.5) is 0 Å². The fourth-order valence-corrected chi connectivity index (χ4v) is 2.26. The third kappa shape index (κ3) is 1.56. The normalized spacial score (nSPS) is 32.9. The number of benzene rings is 1. The van der Waals surface area contributed by atoms with E-state index in [1.807, 2.05) is 30.3 Å². The molecule has 76 valence electrons. The Morgan fingerprint density at radius 1 is 1.21 bits per heavy atom. The Labute approximate surface area is 84.7 Å². The Morgan fingerprint density at radius 2 is 1.93 bits per heavy atom. The largest absolute Gasteiger partial charge is 0.391 e. The van der Waals surface area contributed by atoms with Gasteiger partial charge in [0.25, 0.3) is 0 Å². The molecule has 1 aromatic rings. The second-order valence-corrected chi connectivity index (χ2v) is 4.17. The van der Waals surface area contributed by atoms with Crippen LogP contribution in [0.1, 0.15) is 31.2 Å². The summed E-state index contributed by atoms with van der Waals surface area (Å²) in [6.07, 6.45) is 3.53. The van der Waals surface area contributed by atoms with Crippen LogP contribution in [0.5, 0.6) is 0 Å². The average molecular weight is 191 g/mol. The van der Waals surface area contributed by atoms with E-state index in [1.165, 1.54) is 0 Å². The molecular weight excluding hydrogens is 174 g/mol. The number of rotatable bonds is 1. The Bertz CT molecular complexity index is 298. The summed E-state index contributed by atoms with van der Waals surface area (Å²) in [6.45, 7) is 0. The summed E-state index contributed by atoms with van der Waals surface area (Å²) in [5, 5.41) is 9.96. The lowest BCUT2D eigenvalue weighted by Crippen LogP contribution is -2.49. The van der Waals surface area contributed by atoms with E-state index in [2.05, 4.69) is 0 Å². The summed E-state index contributed by atoms with van der Waals surface area (Å²) in [6, 6.07) is 9.95. The third-order valence-corrected chi connectivity index (χ3v) is 3.22. The molecule has 2 atom stereocenters. The van der Waals surface area contributed by atoms with Gasteiger partial charge in [-0.05, 0) is 18.4 Å². The zero-order valence-corrected chi connectivity index (χ0v) is 8.32. The van der Waals surface area contributed by atoms with Crippen molar-refractivity contribution in [2.45, 2.75) is 37.3 Å². The molecule has 3 N–H and O–H groups in total. The maximum Gasteiger partial charge on any atom is 0.0761 e. The van der Waals surface area contributed by atoms with E-state index in [0.717, 1.165) is 31.2 Å². The Morgan fingerprint density at radius 3 is 2.57 bits per heavy atom. The SMILES string of the molecule is N[C@@]1(c2ccccc2)CCCC[C@@H]1O. The Hall–Kier alpha value is -0.860. The maximum atomic E-state index is 9.96. The molecule has 0 saturated heterocycles. The minimum Gasteiger partial charge on any atom is -0.391 e. The zero-order valence-electron chi connectivity index (χ0n) is 8.32. The smallest absolute Gasteiger partial charge is 0.0761 e. The van der Waals surface area contributed by atoms with Crippen molar-refractivity contribution >= 4 is 0 Å². The van der Waals surface area contributed by atoms with Gasteiger partial charge in [-0.1, -0.05) is 43.2 Å². The van der Waals surface area contributed by atoms with E-state index in [4.69, 9.17) is 5.73 Å². The van der Waals surface area contributed by atoms with Crippen LogP contribution in [0.2, 0.25) is 0 Å². The standard InChI is InChI=1S/C12H17NO/c13-12(9-5-4-8-11(12)14)10-6-2-1-3-7-10/h1-3,6-7,11,14H,4-5,8-9,13H2/t11-,12+/m0/s1. The molecule has 0 aromatic heterocycles. The summed E-state index contributed by atoms with van der Waals surface area (Å²) in [5.74, 6) is 0. The zero-order chi connectivity index (χ0) is 10.0. The van der Waals surface area contributed by atoms with E-state index in [1.54, 1.807) is 0 Å². The first kappa shape index (κ1) is 9.69. The van der Waals surface area contributed by atoms with Gasteiger partial charge < -0.3 is 10.8 Å². The summed E-state index contributed by atoms with van der Waals surface area (Å²) >= 11 is 0. The first-order valence-corrected chi connectivity index (χ1v) is 5.26. The minimum atomic E-state index is -0.514. The summed E-state index contributed by atoms with van der Waals surface area (Å²) in [7, 11) is 0. The van der Waals surface area contributed by atoms with Crippen molar-refractivity contribution in [2.75, 3.05) is 0 Å². The van der Waals surface area contributed by atoms with Crippen LogP contribution in [0.15, 0.2) is 30.3 Å². The van der Waals surface area contributed by atoms with E-state index in [9.17, 15) is 5.11 Å². The lowest BCUT2D eigenvalue weighted by molar-refractivity contribution is 0.0450. The second kappa shape index (κ2) is 3.71. The van der Waals surface area contributed by atoms with E-state index in [-0.39, 0.29) is 0 Å². The molecule has 0 heterocycles. The topological polar surface area (TPSA) is 46.2 Å². The van der Waals surface area contributed by atoms with Crippen LogP contribution in [-0.2, 0) is 5.54 Å². The molecule has 0 radical (unpaired) electrons. The van der Waals surface area contributed by atoms with Gasteiger partial charge in [-0.3, -0.25) is 0 Å². The Balaban J connectivity index is 2.30. The van der Waals surface area contributed by atoms with Crippen LogP contribution in [0, 0.1) is 0 Å². The molecule has 1 aromatic carbocycles. The number of aliphatic hydroxyl groups excluding tert-OH is 1. The number of hydrogen-bond acceptors (Lipinski definition) is 2. The fourth-order valence-electron chi connectivity index (χ4n) is 2.26. The molecule has 0 bridgehead atoms. The average Bonchev–Trinajstić information content (AvgIpc) is 2.24. The molecule has 0 aliphatic heterocycles. The summed E-state index contributed by atoms with van der Waals surface area (Å²) < 4.78 is 0. The highest BCUT2D eigenvalue weighted by Gasteiger charge is 2.37. The van der Waals surface area contributed by atoms with Crippen LogP contribution in [0.3, 0.4) is 0 Å². The van der Waals surface area contributed by atoms with Crippen molar-refractivity contribution in [1.29, 1.82) is 0 Å². The van der Waals surface area contributed by atoms with Gasteiger partial charge in [-0.25, -0.2) is 0 Å². The number of hydrogen-bond donors (Lipinski definition) is 2. The van der Waals surface area contributed by atoms with Crippen molar-refractivity contribution in [1.82, 2.24) is 0 Å². The molecule has 0 unspecified atom stereocenters. The van der Waals surface area contributed by atoms with Crippen molar-refractivity contribution in [2.24, 2.45) is 5.73 Å². The first-order valence-electron chi connectivity index (χ1n) is 5.26. The quantitative estimate of drug-likeness (QED) is 0.710. The van der Waals surface area contributed by atoms with Crippen LogP contribution >= 0.6 is 0 Å². The second-order valence-electron chi connectivity index (χ2n) is 4.17. The van der Waals surface area contributed by atoms with Gasteiger partial charge in [0, 0.05) is 0 Å². The lowest BCUT2D eigenvalue weighted by atomic mass is 9.75. The molecule has 0 amide bonds. The van der Waals surface area contributed by atoms with Gasteiger partial charge in [0.15, 0.2) is 0 Å². The third-order valence-electron chi connectivity index (χ3n) is 3.22. The van der Waals surface area contributed by atoms with E-state index >= 15 is 0 Å². The molecule has 1 fully saturated rings. The molecule has 0 spiro atoms. The van der Waals surface area contributed by atoms with Crippen molar-refractivity contribution in [3.05, 3.63) is 35.9 Å². The van der Waals surface area contributed by atoms with Gasteiger partial charge in [0.05, 0.1) is 11.6 Å². The highest BCUT2D eigenvalue weighted by molar-refractivity contribution is 5.26. The molecule has 2 rings (SSSR count). The van der Waals surface area contributed by atoms with Crippen molar-refractivity contribution < 1.29 is 5.11 Å². The molecule has 1 aliphatic carbocycles. The predicted octanol–water partition coefficient (Wildman–Crippen LogP) is 1.78. The highest BCUT2D eigenvalue weighted by atomic mass is 16.3. The highest BCUT2D eigenvalue weighted by Crippen LogP contribution is 2.34.